The fraction of sp³-hybridized carbons (Fsp3) is 0. The number of nitrogens with zero attached hydrogens (tertiary/aromatic N) is 4. The maximum Gasteiger partial charge on any atom is 0.296 e. The zero-order valence-electron chi connectivity index (χ0n) is 18.1. The highest BCUT2D eigenvalue weighted by molar-refractivity contribution is 7.86. The van der Waals surface area contributed by atoms with Gasteiger partial charge in [0.05, 0.1) is 22.0 Å². The van der Waals surface area contributed by atoms with Gasteiger partial charge in [-0.1, -0.05) is 0 Å². The Balaban J connectivity index is 1.60. The Labute approximate surface area is 205 Å². The summed E-state index contributed by atoms with van der Waals surface area (Å²) in [6, 6.07) is 16.8. The normalized spacial score (nSPS) is 12.6. The maximum absolute atomic E-state index is 11.9. The summed E-state index contributed by atoms with van der Waals surface area (Å²) in [6.07, 6.45) is 0. The van der Waals surface area contributed by atoms with Crippen LogP contribution in [0.15, 0.2) is 103 Å². The molecule has 0 bridgehead atoms. The third-order valence-electron chi connectivity index (χ3n) is 4.88. The highest BCUT2D eigenvalue weighted by Crippen LogP contribution is 2.41. The van der Waals surface area contributed by atoms with E-state index in [9.17, 15) is 26.5 Å². The van der Waals surface area contributed by atoms with Crippen LogP contribution < -0.4 is 5.73 Å². The molecular formula is C22H17N5O7S2. The monoisotopic (exact) mass is 527 g/mol. The summed E-state index contributed by atoms with van der Waals surface area (Å²) in [5.74, 6) is -0.491. The van der Waals surface area contributed by atoms with Gasteiger partial charge in [-0.3, -0.25) is 9.11 Å². The molecule has 0 aliphatic heterocycles. The molecule has 4 rings (SSSR count). The molecule has 184 valence electrons. The lowest BCUT2D eigenvalue weighted by atomic mass is 10.1. The van der Waals surface area contributed by atoms with E-state index in [1.807, 2.05) is 0 Å². The first-order valence-corrected chi connectivity index (χ1v) is 12.8. The average molecular weight is 528 g/mol. The van der Waals surface area contributed by atoms with Gasteiger partial charge in [-0.05, 0) is 78.2 Å². The van der Waals surface area contributed by atoms with E-state index >= 15 is 0 Å². The number of benzene rings is 4. The van der Waals surface area contributed by atoms with Crippen molar-refractivity contribution in [2.45, 2.75) is 9.79 Å². The van der Waals surface area contributed by atoms with Crippen LogP contribution in [-0.2, 0) is 20.2 Å². The van der Waals surface area contributed by atoms with Crippen LogP contribution in [0.3, 0.4) is 0 Å². The van der Waals surface area contributed by atoms with Crippen molar-refractivity contribution in [3.63, 3.8) is 0 Å². The summed E-state index contributed by atoms with van der Waals surface area (Å²) >= 11 is 0. The van der Waals surface area contributed by atoms with E-state index in [0.717, 1.165) is 6.07 Å². The first-order chi connectivity index (χ1) is 16.9. The minimum Gasteiger partial charge on any atom is -0.505 e. The number of anilines is 1. The van der Waals surface area contributed by atoms with Crippen LogP contribution in [0.25, 0.3) is 10.8 Å². The van der Waals surface area contributed by atoms with E-state index in [2.05, 4.69) is 20.5 Å². The highest BCUT2D eigenvalue weighted by atomic mass is 32.2. The van der Waals surface area contributed by atoms with Crippen LogP contribution in [0.1, 0.15) is 0 Å². The van der Waals surface area contributed by atoms with Gasteiger partial charge in [0.1, 0.15) is 10.6 Å². The molecule has 0 radical (unpaired) electrons. The average Bonchev–Trinajstić information content (AvgIpc) is 2.81. The van der Waals surface area contributed by atoms with E-state index in [-0.39, 0.29) is 16.0 Å². The van der Waals surface area contributed by atoms with Gasteiger partial charge in [-0.15, -0.1) is 5.11 Å². The second-order valence-corrected chi connectivity index (χ2v) is 10.2. The molecule has 0 heterocycles. The van der Waals surface area contributed by atoms with Crippen molar-refractivity contribution in [3.8, 4) is 5.75 Å². The molecular weight excluding hydrogens is 510 g/mol. The molecule has 0 fully saturated rings. The van der Waals surface area contributed by atoms with Gasteiger partial charge in [-0.25, -0.2) is 0 Å². The van der Waals surface area contributed by atoms with Gasteiger partial charge in [-0.2, -0.15) is 32.2 Å². The first kappa shape index (κ1) is 24.9. The van der Waals surface area contributed by atoms with Crippen molar-refractivity contribution in [1.82, 2.24) is 0 Å². The molecule has 14 heteroatoms. The number of nitrogen functional groups attached to an aromatic ring is 1. The standard InChI is InChI=1S/C22H17N5O7S2/c23-14-1-10-19-13(11-14)12-20(36(32,33)34)21(22(19)28)27-26-16-4-2-15(3-5-16)24-25-17-6-8-18(9-7-17)35(29,30)31/h1-12,28H,23H2,(H,29,30,31)(H,32,33,34)/b25-24-,27-26-. The lowest BCUT2D eigenvalue weighted by Gasteiger charge is -2.09. The minimum atomic E-state index is -4.75. The minimum absolute atomic E-state index is 0.269. The topological polar surface area (TPSA) is 204 Å². The Kier molecular flexibility index (Phi) is 6.51. The van der Waals surface area contributed by atoms with Gasteiger partial charge in [0.25, 0.3) is 20.2 Å². The number of nitrogens with two attached hydrogens (primary N) is 1. The van der Waals surface area contributed by atoms with E-state index in [0.29, 0.717) is 22.4 Å². The second kappa shape index (κ2) is 9.43. The van der Waals surface area contributed by atoms with Crippen LogP contribution in [-0.4, -0.2) is 31.0 Å². The lowest BCUT2D eigenvalue weighted by molar-refractivity contribution is 0.472. The van der Waals surface area contributed by atoms with E-state index in [1.165, 1.54) is 66.7 Å². The summed E-state index contributed by atoms with van der Waals surface area (Å²) in [4.78, 5) is -0.901. The summed E-state index contributed by atoms with van der Waals surface area (Å²) in [7, 11) is -9.05. The van der Waals surface area contributed by atoms with Crippen molar-refractivity contribution in [1.29, 1.82) is 0 Å². The Hall–Kier alpha value is -4.24. The van der Waals surface area contributed by atoms with Crippen LogP contribution >= 0.6 is 0 Å². The van der Waals surface area contributed by atoms with Crippen molar-refractivity contribution in [2.75, 3.05) is 5.73 Å². The summed E-state index contributed by atoms with van der Waals surface area (Å²) in [6.45, 7) is 0. The van der Waals surface area contributed by atoms with Gasteiger partial charge in [0, 0.05) is 11.1 Å². The SMILES string of the molecule is Nc1ccc2c(O)c(/N=N\c3ccc(/N=N\c4ccc(S(=O)(=O)O)cc4)cc3)c(S(=O)(=O)O)cc2c1. The molecule has 0 aliphatic rings. The van der Waals surface area contributed by atoms with Gasteiger partial charge < -0.3 is 10.8 Å². The highest BCUT2D eigenvalue weighted by Gasteiger charge is 2.22. The summed E-state index contributed by atoms with van der Waals surface area (Å²) < 4.78 is 64.6. The van der Waals surface area contributed by atoms with Gasteiger partial charge in [0.2, 0.25) is 0 Å². The number of aromatic hydroxyl groups is 1. The molecule has 0 unspecified atom stereocenters. The quantitative estimate of drug-likeness (QED) is 0.144. The largest absolute Gasteiger partial charge is 0.505 e. The zero-order valence-corrected chi connectivity index (χ0v) is 19.7. The van der Waals surface area contributed by atoms with Crippen LogP contribution in [0.2, 0.25) is 0 Å². The Morgan fingerprint density at radius 3 is 1.64 bits per heavy atom. The van der Waals surface area contributed by atoms with Crippen LogP contribution in [0.4, 0.5) is 28.4 Å². The number of rotatable bonds is 6. The molecule has 0 atom stereocenters. The number of phenols is 1. The molecule has 0 saturated carbocycles. The van der Waals surface area contributed by atoms with Crippen molar-refractivity contribution < 1.29 is 31.0 Å². The van der Waals surface area contributed by atoms with Gasteiger partial charge >= 0.3 is 0 Å². The molecule has 4 aromatic carbocycles. The molecule has 5 N–H and O–H groups in total. The molecule has 0 saturated heterocycles. The fourth-order valence-corrected chi connectivity index (χ4v) is 4.30. The first-order valence-electron chi connectivity index (χ1n) is 9.95. The van der Waals surface area contributed by atoms with Crippen LogP contribution in [0, 0.1) is 0 Å². The lowest BCUT2D eigenvalue weighted by Crippen LogP contribution is -1.99. The smallest absolute Gasteiger partial charge is 0.296 e. The summed E-state index contributed by atoms with van der Waals surface area (Å²) in [5, 5.41) is 26.9. The van der Waals surface area contributed by atoms with Gasteiger partial charge in [0.15, 0.2) is 5.75 Å². The predicted octanol–water partition coefficient (Wildman–Crippen LogP) is 5.45. The second-order valence-electron chi connectivity index (χ2n) is 7.41. The number of phenolic OH excluding ortho intramolecular Hbond substituents is 1. The van der Waals surface area contributed by atoms with E-state index < -0.39 is 36.6 Å². The molecule has 0 amide bonds. The van der Waals surface area contributed by atoms with Crippen molar-refractivity contribution in [3.05, 3.63) is 72.8 Å². The van der Waals surface area contributed by atoms with E-state index in [1.54, 1.807) is 0 Å². The molecule has 4 aromatic rings. The summed E-state index contributed by atoms with van der Waals surface area (Å²) in [5.41, 5.74) is 6.65. The third kappa shape index (κ3) is 5.52. The molecule has 0 aromatic heterocycles. The zero-order chi connectivity index (χ0) is 26.1. The molecule has 12 nitrogen and oxygen atoms in total. The Morgan fingerprint density at radius 2 is 1.14 bits per heavy atom. The molecule has 0 aliphatic carbocycles. The number of hydrogen-bond acceptors (Lipinski definition) is 10. The number of fused-ring (bicyclic) bond motifs is 1. The Bertz CT molecular complexity index is 1730. The number of hydrogen-bond donors (Lipinski definition) is 4. The van der Waals surface area contributed by atoms with E-state index in [4.69, 9.17) is 10.3 Å². The van der Waals surface area contributed by atoms with Crippen LogP contribution in [0.5, 0.6) is 5.75 Å². The predicted molar refractivity (Wildman–Crippen MR) is 131 cm³/mol. The third-order valence-corrected chi connectivity index (χ3v) is 6.62. The molecule has 36 heavy (non-hydrogen) atoms. The maximum atomic E-state index is 11.9. The number of azo groups is 2. The van der Waals surface area contributed by atoms with Crippen molar-refractivity contribution in [2.24, 2.45) is 20.5 Å². The fourth-order valence-electron chi connectivity index (χ4n) is 3.16. The Morgan fingerprint density at radius 1 is 0.639 bits per heavy atom. The molecule has 0 spiro atoms. The van der Waals surface area contributed by atoms with Crippen molar-refractivity contribution >= 4 is 59.4 Å².